The summed E-state index contributed by atoms with van der Waals surface area (Å²) in [5, 5.41) is 8.38. The van der Waals surface area contributed by atoms with Crippen LogP contribution in [0, 0.1) is 11.7 Å². The van der Waals surface area contributed by atoms with Crippen molar-refractivity contribution in [1.82, 2.24) is 25.2 Å². The molecule has 0 fully saturated rings. The number of aryl methyl sites for hydroxylation is 2. The van der Waals surface area contributed by atoms with Crippen LogP contribution in [0.5, 0.6) is 0 Å². The molecule has 0 aliphatic carbocycles. The second kappa shape index (κ2) is 6.67. The fourth-order valence-corrected chi connectivity index (χ4v) is 2.24. The SMILES string of the molecule is Cc1nn(C)c(Cl)c1/C=N/NC(=O)Cc1cc(=O)[nH]c(=S)[nH]1. The van der Waals surface area contributed by atoms with Gasteiger partial charge < -0.3 is 4.98 Å². The predicted molar refractivity (Wildman–Crippen MR) is 84.6 cm³/mol. The monoisotopic (exact) mass is 340 g/mol. The van der Waals surface area contributed by atoms with Crippen molar-refractivity contribution in [2.45, 2.75) is 13.3 Å². The van der Waals surface area contributed by atoms with Crippen LogP contribution in [-0.2, 0) is 18.3 Å². The van der Waals surface area contributed by atoms with Crippen molar-refractivity contribution in [1.29, 1.82) is 0 Å². The molecule has 116 valence electrons. The molecule has 0 unspecified atom stereocenters. The first-order chi connectivity index (χ1) is 10.4. The van der Waals surface area contributed by atoms with E-state index in [-0.39, 0.29) is 16.8 Å². The molecule has 8 nitrogen and oxygen atoms in total. The first-order valence-corrected chi connectivity index (χ1v) is 6.99. The van der Waals surface area contributed by atoms with E-state index in [4.69, 9.17) is 23.8 Å². The van der Waals surface area contributed by atoms with Crippen molar-refractivity contribution >= 4 is 35.9 Å². The van der Waals surface area contributed by atoms with Crippen LogP contribution < -0.4 is 11.0 Å². The van der Waals surface area contributed by atoms with Crippen LogP contribution >= 0.6 is 23.8 Å². The number of hydrazone groups is 1. The van der Waals surface area contributed by atoms with Gasteiger partial charge in [-0.2, -0.15) is 10.2 Å². The van der Waals surface area contributed by atoms with E-state index in [9.17, 15) is 9.59 Å². The summed E-state index contributed by atoms with van der Waals surface area (Å²) < 4.78 is 1.67. The summed E-state index contributed by atoms with van der Waals surface area (Å²) in [6.45, 7) is 1.78. The van der Waals surface area contributed by atoms with Crippen molar-refractivity contribution < 1.29 is 4.79 Å². The number of nitrogens with zero attached hydrogens (tertiary/aromatic N) is 3. The Morgan fingerprint density at radius 3 is 2.91 bits per heavy atom. The van der Waals surface area contributed by atoms with Crippen LogP contribution in [0.15, 0.2) is 16.0 Å². The summed E-state index contributed by atoms with van der Waals surface area (Å²) in [6, 6.07) is 1.27. The minimum atomic E-state index is -0.398. The first kappa shape index (κ1) is 16.1. The Morgan fingerprint density at radius 2 is 2.32 bits per heavy atom. The molecule has 1 amide bonds. The lowest BCUT2D eigenvalue weighted by molar-refractivity contribution is -0.120. The second-order valence-electron chi connectivity index (χ2n) is 4.50. The number of amides is 1. The van der Waals surface area contributed by atoms with E-state index in [1.165, 1.54) is 17.0 Å². The molecule has 2 heterocycles. The Morgan fingerprint density at radius 1 is 1.59 bits per heavy atom. The fraction of sp³-hybridized carbons (Fsp3) is 0.250. The van der Waals surface area contributed by atoms with Crippen LogP contribution in [0.1, 0.15) is 17.0 Å². The number of halogens is 1. The van der Waals surface area contributed by atoms with Gasteiger partial charge in [0.25, 0.3) is 5.56 Å². The molecule has 0 saturated carbocycles. The predicted octanol–water partition coefficient (Wildman–Crippen LogP) is 0.821. The average Bonchev–Trinajstić information content (AvgIpc) is 2.63. The zero-order chi connectivity index (χ0) is 16.3. The lowest BCUT2D eigenvalue weighted by atomic mass is 10.3. The summed E-state index contributed by atoms with van der Waals surface area (Å²) in [4.78, 5) is 28.1. The van der Waals surface area contributed by atoms with Crippen molar-refractivity contribution in [3.63, 3.8) is 0 Å². The van der Waals surface area contributed by atoms with Crippen molar-refractivity contribution in [3.8, 4) is 0 Å². The molecule has 0 radical (unpaired) electrons. The second-order valence-corrected chi connectivity index (χ2v) is 5.26. The van der Waals surface area contributed by atoms with Gasteiger partial charge in [0.1, 0.15) is 5.15 Å². The third-order valence-corrected chi connectivity index (χ3v) is 3.40. The summed E-state index contributed by atoms with van der Waals surface area (Å²) in [5.41, 5.74) is 3.71. The molecule has 0 atom stereocenters. The van der Waals surface area contributed by atoms with Crippen LogP contribution in [0.25, 0.3) is 0 Å². The van der Waals surface area contributed by atoms with Gasteiger partial charge in [0.15, 0.2) is 4.77 Å². The maximum absolute atomic E-state index is 11.8. The molecule has 0 saturated heterocycles. The number of aromatic amines is 2. The van der Waals surface area contributed by atoms with Gasteiger partial charge in [-0.15, -0.1) is 0 Å². The largest absolute Gasteiger partial charge is 0.335 e. The third-order valence-electron chi connectivity index (χ3n) is 2.75. The average molecular weight is 341 g/mol. The molecule has 22 heavy (non-hydrogen) atoms. The number of H-pyrrole nitrogens is 2. The van der Waals surface area contributed by atoms with Gasteiger partial charge in [-0.3, -0.25) is 19.3 Å². The highest BCUT2D eigenvalue weighted by Crippen LogP contribution is 2.15. The van der Waals surface area contributed by atoms with Crippen LogP contribution in [0.4, 0.5) is 0 Å². The highest BCUT2D eigenvalue weighted by Gasteiger charge is 2.09. The molecular weight excluding hydrogens is 328 g/mol. The Bertz CT molecular complexity index is 822. The number of rotatable bonds is 4. The molecule has 0 spiro atoms. The van der Waals surface area contributed by atoms with Gasteiger partial charge >= 0.3 is 0 Å². The smallest absolute Gasteiger partial charge is 0.251 e. The number of carbonyl (C=O) groups excluding carboxylic acids is 1. The summed E-state index contributed by atoms with van der Waals surface area (Å²) in [5.74, 6) is -0.398. The van der Waals surface area contributed by atoms with Crippen LogP contribution in [0.3, 0.4) is 0 Å². The highest BCUT2D eigenvalue weighted by atomic mass is 35.5. The minimum absolute atomic E-state index is 0.0509. The quantitative estimate of drug-likeness (QED) is 0.435. The zero-order valence-corrected chi connectivity index (χ0v) is 13.4. The lowest BCUT2D eigenvalue weighted by Gasteiger charge is -2.00. The molecule has 2 aromatic rings. The fourth-order valence-electron chi connectivity index (χ4n) is 1.79. The van der Waals surface area contributed by atoms with Crippen LogP contribution in [0.2, 0.25) is 5.15 Å². The van der Waals surface area contributed by atoms with E-state index in [1.807, 2.05) is 0 Å². The third kappa shape index (κ3) is 3.89. The maximum atomic E-state index is 11.8. The summed E-state index contributed by atoms with van der Waals surface area (Å²) in [7, 11) is 1.71. The Labute approximate surface area is 135 Å². The molecule has 2 aromatic heterocycles. The van der Waals surface area contributed by atoms with Gasteiger partial charge in [0.05, 0.1) is 23.9 Å². The normalized spacial score (nSPS) is 11.0. The highest BCUT2D eigenvalue weighted by molar-refractivity contribution is 7.71. The van der Waals surface area contributed by atoms with Gasteiger partial charge in [-0.1, -0.05) is 11.6 Å². The van der Waals surface area contributed by atoms with Gasteiger partial charge in [0.2, 0.25) is 5.91 Å². The van der Waals surface area contributed by atoms with Gasteiger partial charge in [0, 0.05) is 18.8 Å². The summed E-state index contributed by atoms with van der Waals surface area (Å²) >= 11 is 10.9. The Kier molecular flexibility index (Phi) is 4.88. The van der Waals surface area contributed by atoms with Gasteiger partial charge in [-0.05, 0) is 19.1 Å². The van der Waals surface area contributed by atoms with Crippen molar-refractivity contribution in [2.24, 2.45) is 12.1 Å². The summed E-state index contributed by atoms with van der Waals surface area (Å²) in [6.07, 6.45) is 1.37. The van der Waals surface area contributed by atoms with Gasteiger partial charge in [-0.25, -0.2) is 5.43 Å². The molecular formula is C12H13ClN6O2S. The van der Waals surface area contributed by atoms with E-state index < -0.39 is 5.91 Å². The molecule has 3 N–H and O–H groups in total. The Balaban J connectivity index is 2.02. The van der Waals surface area contributed by atoms with E-state index in [0.29, 0.717) is 22.1 Å². The molecule has 2 rings (SSSR count). The van der Waals surface area contributed by atoms with Crippen molar-refractivity contribution in [2.75, 3.05) is 0 Å². The van der Waals surface area contributed by atoms with Crippen molar-refractivity contribution in [3.05, 3.63) is 43.3 Å². The molecule has 0 aromatic carbocycles. The zero-order valence-electron chi connectivity index (χ0n) is 11.8. The number of nitrogens with one attached hydrogen (secondary N) is 3. The van der Waals surface area contributed by atoms with E-state index >= 15 is 0 Å². The lowest BCUT2D eigenvalue weighted by Crippen LogP contribution is -2.21. The minimum Gasteiger partial charge on any atom is -0.335 e. The van der Waals surface area contributed by atoms with E-state index in [1.54, 1.807) is 14.0 Å². The standard InChI is InChI=1S/C12H13ClN6O2S/c1-6-8(11(13)19(2)18-6)5-14-17-10(21)4-7-3-9(20)16-12(22)15-7/h3,5H,4H2,1-2H3,(H,17,21)(H2,15,16,20,22)/b14-5+. The number of aromatic nitrogens is 4. The molecule has 0 bridgehead atoms. The first-order valence-electron chi connectivity index (χ1n) is 6.20. The molecule has 0 aliphatic rings. The van der Waals surface area contributed by atoms with Crippen LogP contribution in [-0.4, -0.2) is 31.9 Å². The molecule has 10 heteroatoms. The van der Waals surface area contributed by atoms with E-state index in [0.717, 1.165) is 0 Å². The maximum Gasteiger partial charge on any atom is 0.251 e. The number of hydrogen-bond acceptors (Lipinski definition) is 5. The topological polar surface area (TPSA) is 108 Å². The number of hydrogen-bond donors (Lipinski definition) is 3. The molecule has 0 aliphatic heterocycles. The Hall–Kier alpha value is -2.26. The number of carbonyl (C=O) groups is 1. The van der Waals surface area contributed by atoms with E-state index in [2.05, 4.69) is 25.6 Å².